The van der Waals surface area contributed by atoms with E-state index in [9.17, 15) is 9.90 Å². The summed E-state index contributed by atoms with van der Waals surface area (Å²) in [6, 6.07) is 5.53. The number of nitrogens with zero attached hydrogens (tertiary/aromatic N) is 1. The summed E-state index contributed by atoms with van der Waals surface area (Å²) < 4.78 is 10.6. The second kappa shape index (κ2) is 9.40. The van der Waals surface area contributed by atoms with Crippen LogP contribution in [0.4, 0.5) is 0 Å². The second-order valence-electron chi connectivity index (χ2n) is 6.14. The maximum atomic E-state index is 12.5. The lowest BCUT2D eigenvalue weighted by atomic mass is 9.94. The molecule has 130 valence electrons. The quantitative estimate of drug-likeness (QED) is 0.759. The molecule has 1 atom stereocenters. The van der Waals surface area contributed by atoms with Gasteiger partial charge >= 0.3 is 0 Å². The van der Waals surface area contributed by atoms with E-state index in [-0.39, 0.29) is 12.5 Å². The van der Waals surface area contributed by atoms with Gasteiger partial charge in [-0.2, -0.15) is 0 Å². The minimum atomic E-state index is -0.0553. The first-order valence-electron chi connectivity index (χ1n) is 8.02. The second-order valence-corrected chi connectivity index (χ2v) is 6.14. The molecule has 0 aliphatic carbocycles. The van der Waals surface area contributed by atoms with Gasteiger partial charge in [0.25, 0.3) is 0 Å². The van der Waals surface area contributed by atoms with Gasteiger partial charge in [-0.05, 0) is 24.0 Å². The van der Waals surface area contributed by atoms with Crippen LogP contribution in [0.15, 0.2) is 18.2 Å². The van der Waals surface area contributed by atoms with Crippen molar-refractivity contribution in [3.05, 3.63) is 23.8 Å². The van der Waals surface area contributed by atoms with Crippen LogP contribution in [0.2, 0.25) is 0 Å². The SMILES string of the molecule is COc1ccc(CN(CCO)C(=O)CC(C)C(C)C)c(OC)c1. The van der Waals surface area contributed by atoms with Crippen LogP contribution >= 0.6 is 0 Å². The Kier molecular flexibility index (Phi) is 7.89. The summed E-state index contributed by atoms with van der Waals surface area (Å²) >= 11 is 0. The lowest BCUT2D eigenvalue weighted by Crippen LogP contribution is -2.34. The number of carbonyl (C=O) groups is 1. The molecule has 0 aliphatic rings. The van der Waals surface area contributed by atoms with Gasteiger partial charge < -0.3 is 19.5 Å². The molecule has 1 amide bonds. The predicted molar refractivity (Wildman–Crippen MR) is 90.7 cm³/mol. The highest BCUT2D eigenvalue weighted by atomic mass is 16.5. The third-order valence-electron chi connectivity index (χ3n) is 4.21. The Labute approximate surface area is 139 Å². The van der Waals surface area contributed by atoms with Gasteiger partial charge in [-0.25, -0.2) is 0 Å². The molecule has 0 spiro atoms. The van der Waals surface area contributed by atoms with E-state index in [1.165, 1.54) is 0 Å². The minimum absolute atomic E-state index is 0.0538. The Morgan fingerprint density at radius 2 is 1.91 bits per heavy atom. The molecule has 1 N–H and O–H groups in total. The Balaban J connectivity index is 2.89. The van der Waals surface area contributed by atoms with Crippen molar-refractivity contribution in [3.8, 4) is 11.5 Å². The van der Waals surface area contributed by atoms with Gasteiger partial charge in [0.1, 0.15) is 11.5 Å². The molecule has 23 heavy (non-hydrogen) atoms. The van der Waals surface area contributed by atoms with Crippen LogP contribution in [0.3, 0.4) is 0 Å². The number of amides is 1. The zero-order valence-electron chi connectivity index (χ0n) is 14.8. The van der Waals surface area contributed by atoms with E-state index in [2.05, 4.69) is 20.8 Å². The summed E-state index contributed by atoms with van der Waals surface area (Å²) in [4.78, 5) is 14.2. The topological polar surface area (TPSA) is 59.0 Å². The molecule has 0 fully saturated rings. The maximum absolute atomic E-state index is 12.5. The number of hydrogen-bond donors (Lipinski definition) is 1. The van der Waals surface area contributed by atoms with Crippen molar-refractivity contribution in [2.75, 3.05) is 27.4 Å². The number of hydrogen-bond acceptors (Lipinski definition) is 4. The molecule has 0 radical (unpaired) electrons. The van der Waals surface area contributed by atoms with Crippen LogP contribution < -0.4 is 9.47 Å². The van der Waals surface area contributed by atoms with E-state index in [4.69, 9.17) is 9.47 Å². The highest BCUT2D eigenvalue weighted by Gasteiger charge is 2.20. The number of ether oxygens (including phenoxy) is 2. The van der Waals surface area contributed by atoms with E-state index in [1.807, 2.05) is 12.1 Å². The number of rotatable bonds is 9. The molecule has 0 bridgehead atoms. The van der Waals surface area contributed by atoms with Gasteiger partial charge in [-0.3, -0.25) is 4.79 Å². The maximum Gasteiger partial charge on any atom is 0.223 e. The first kappa shape index (κ1) is 19.3. The Bertz CT molecular complexity index is 502. The molecule has 0 aromatic heterocycles. The highest BCUT2D eigenvalue weighted by Crippen LogP contribution is 2.26. The summed E-state index contributed by atoms with van der Waals surface area (Å²) in [6.07, 6.45) is 0.482. The average Bonchev–Trinajstić information content (AvgIpc) is 2.54. The van der Waals surface area contributed by atoms with Crippen molar-refractivity contribution in [1.29, 1.82) is 0 Å². The molecule has 1 unspecified atom stereocenters. The summed E-state index contributed by atoms with van der Waals surface area (Å²) in [5, 5.41) is 9.27. The van der Waals surface area contributed by atoms with Gasteiger partial charge in [0.15, 0.2) is 0 Å². The third kappa shape index (κ3) is 5.75. The number of aliphatic hydroxyl groups is 1. The Hall–Kier alpha value is -1.75. The van der Waals surface area contributed by atoms with E-state index < -0.39 is 0 Å². The first-order valence-corrected chi connectivity index (χ1v) is 8.02. The van der Waals surface area contributed by atoms with Gasteiger partial charge in [-0.1, -0.05) is 20.8 Å². The molecule has 0 heterocycles. The standard InChI is InChI=1S/C18H29NO4/c1-13(2)14(3)10-18(21)19(8-9-20)12-15-6-7-16(22-4)11-17(15)23-5/h6-7,11,13-14,20H,8-10,12H2,1-5H3. The Morgan fingerprint density at radius 1 is 1.22 bits per heavy atom. The van der Waals surface area contributed by atoms with Crippen molar-refractivity contribution >= 4 is 5.91 Å². The molecule has 1 aromatic rings. The number of aliphatic hydroxyl groups excluding tert-OH is 1. The highest BCUT2D eigenvalue weighted by molar-refractivity contribution is 5.76. The van der Waals surface area contributed by atoms with Crippen LogP contribution in [-0.4, -0.2) is 43.3 Å². The van der Waals surface area contributed by atoms with E-state index >= 15 is 0 Å². The van der Waals surface area contributed by atoms with E-state index in [0.29, 0.717) is 42.8 Å². The number of carbonyl (C=O) groups excluding carboxylic acids is 1. The van der Waals surface area contributed by atoms with Gasteiger partial charge in [0.2, 0.25) is 5.91 Å². The molecule has 0 saturated heterocycles. The van der Waals surface area contributed by atoms with Gasteiger partial charge in [0, 0.05) is 31.1 Å². The molecular weight excluding hydrogens is 294 g/mol. The predicted octanol–water partition coefficient (Wildman–Crippen LogP) is 2.71. The fourth-order valence-electron chi connectivity index (χ4n) is 2.24. The third-order valence-corrected chi connectivity index (χ3v) is 4.21. The van der Waals surface area contributed by atoms with Crippen molar-refractivity contribution in [2.24, 2.45) is 11.8 Å². The van der Waals surface area contributed by atoms with Gasteiger partial charge in [-0.15, -0.1) is 0 Å². The van der Waals surface area contributed by atoms with Crippen LogP contribution in [-0.2, 0) is 11.3 Å². The fraction of sp³-hybridized carbons (Fsp3) is 0.611. The monoisotopic (exact) mass is 323 g/mol. The zero-order chi connectivity index (χ0) is 17.4. The van der Waals surface area contributed by atoms with Gasteiger partial charge in [0.05, 0.1) is 20.8 Å². The molecule has 5 heteroatoms. The summed E-state index contributed by atoms with van der Waals surface area (Å²) in [5.41, 5.74) is 0.896. The molecule has 0 aliphatic heterocycles. The first-order chi connectivity index (χ1) is 10.9. The lowest BCUT2D eigenvalue weighted by molar-refractivity contribution is -0.133. The number of benzene rings is 1. The van der Waals surface area contributed by atoms with Crippen molar-refractivity contribution in [2.45, 2.75) is 33.7 Å². The van der Waals surface area contributed by atoms with Crippen LogP contribution in [0.5, 0.6) is 11.5 Å². The minimum Gasteiger partial charge on any atom is -0.497 e. The molecule has 5 nitrogen and oxygen atoms in total. The molecule has 0 saturated carbocycles. The zero-order valence-corrected chi connectivity index (χ0v) is 14.8. The van der Waals surface area contributed by atoms with Crippen LogP contribution in [0.25, 0.3) is 0 Å². The smallest absolute Gasteiger partial charge is 0.223 e. The van der Waals surface area contributed by atoms with Crippen molar-refractivity contribution < 1.29 is 19.4 Å². The summed E-state index contributed by atoms with van der Waals surface area (Å²) in [5.74, 6) is 2.20. The normalized spacial score (nSPS) is 12.1. The largest absolute Gasteiger partial charge is 0.497 e. The number of methoxy groups -OCH3 is 2. The summed E-state index contributed by atoms with van der Waals surface area (Å²) in [7, 11) is 3.20. The summed E-state index contributed by atoms with van der Waals surface area (Å²) in [6.45, 7) is 6.98. The van der Waals surface area contributed by atoms with E-state index in [1.54, 1.807) is 25.2 Å². The lowest BCUT2D eigenvalue weighted by Gasteiger charge is -2.25. The van der Waals surface area contributed by atoms with Crippen LogP contribution in [0.1, 0.15) is 32.8 Å². The average molecular weight is 323 g/mol. The van der Waals surface area contributed by atoms with Crippen molar-refractivity contribution in [1.82, 2.24) is 4.90 Å². The molecule has 1 aromatic carbocycles. The van der Waals surface area contributed by atoms with E-state index in [0.717, 1.165) is 5.56 Å². The Morgan fingerprint density at radius 3 is 2.43 bits per heavy atom. The molecular formula is C18H29NO4. The molecule has 1 rings (SSSR count). The fourth-order valence-corrected chi connectivity index (χ4v) is 2.24. The van der Waals surface area contributed by atoms with Crippen molar-refractivity contribution in [3.63, 3.8) is 0 Å². The van der Waals surface area contributed by atoms with Crippen LogP contribution in [0, 0.1) is 11.8 Å².